The second kappa shape index (κ2) is 6.35. The van der Waals surface area contributed by atoms with Gasteiger partial charge in [-0.2, -0.15) is 0 Å². The van der Waals surface area contributed by atoms with Gasteiger partial charge in [0.2, 0.25) is 0 Å². The molecule has 0 saturated carbocycles. The van der Waals surface area contributed by atoms with Crippen molar-refractivity contribution in [1.82, 2.24) is 4.90 Å². The highest BCUT2D eigenvalue weighted by Gasteiger charge is 2.20. The summed E-state index contributed by atoms with van der Waals surface area (Å²) >= 11 is 0. The van der Waals surface area contributed by atoms with Crippen molar-refractivity contribution < 1.29 is 9.84 Å². The Morgan fingerprint density at radius 3 is 3.07 bits per heavy atom. The normalized spacial score (nSPS) is 26.4. The molecular weight excluding hydrogens is 180 g/mol. The zero-order valence-electron chi connectivity index (χ0n) is 8.98. The van der Waals surface area contributed by atoms with Crippen molar-refractivity contribution in [3.63, 3.8) is 0 Å². The molecule has 3 N–H and O–H groups in total. The molecule has 14 heavy (non-hydrogen) atoms. The maximum Gasteiger partial charge on any atom is 0.0698 e. The van der Waals surface area contributed by atoms with Crippen LogP contribution in [0.5, 0.6) is 0 Å². The molecule has 1 aliphatic rings. The number of ether oxygens (including phenoxy) is 1. The van der Waals surface area contributed by atoms with E-state index in [1.807, 2.05) is 0 Å². The summed E-state index contributed by atoms with van der Waals surface area (Å²) in [5, 5.41) is 8.74. The molecule has 0 aromatic carbocycles. The smallest absolute Gasteiger partial charge is 0.0698 e. The minimum absolute atomic E-state index is 0.0932. The third-order valence-corrected chi connectivity index (χ3v) is 2.79. The van der Waals surface area contributed by atoms with E-state index in [9.17, 15) is 0 Å². The average Bonchev–Trinajstić information content (AvgIpc) is 2.18. The number of nitrogens with two attached hydrogens (primary N) is 1. The Balaban J connectivity index is 2.22. The van der Waals surface area contributed by atoms with Crippen LogP contribution in [0.25, 0.3) is 0 Å². The highest BCUT2D eigenvalue weighted by atomic mass is 16.5. The van der Waals surface area contributed by atoms with Crippen LogP contribution in [-0.2, 0) is 4.74 Å². The van der Waals surface area contributed by atoms with E-state index in [0.717, 1.165) is 26.1 Å². The summed E-state index contributed by atoms with van der Waals surface area (Å²) in [6.45, 7) is 3.15. The summed E-state index contributed by atoms with van der Waals surface area (Å²) in [5.41, 5.74) is 5.86. The topological polar surface area (TPSA) is 58.7 Å². The Morgan fingerprint density at radius 2 is 2.43 bits per heavy atom. The number of methoxy groups -OCH3 is 1. The maximum absolute atomic E-state index is 8.74. The molecule has 1 fully saturated rings. The van der Waals surface area contributed by atoms with Crippen molar-refractivity contribution in [2.24, 2.45) is 5.73 Å². The van der Waals surface area contributed by atoms with Gasteiger partial charge in [-0.05, 0) is 25.8 Å². The number of piperidine rings is 1. The lowest BCUT2D eigenvalue weighted by Crippen LogP contribution is -2.45. The van der Waals surface area contributed by atoms with Gasteiger partial charge in [0.1, 0.15) is 0 Å². The predicted octanol–water partition coefficient (Wildman–Crippen LogP) is -0.193. The highest BCUT2D eigenvalue weighted by molar-refractivity contribution is 4.76. The van der Waals surface area contributed by atoms with Crippen LogP contribution >= 0.6 is 0 Å². The molecule has 0 aromatic heterocycles. The van der Waals surface area contributed by atoms with Gasteiger partial charge in [0.25, 0.3) is 0 Å². The monoisotopic (exact) mass is 202 g/mol. The average molecular weight is 202 g/mol. The van der Waals surface area contributed by atoms with Gasteiger partial charge >= 0.3 is 0 Å². The Morgan fingerprint density at radius 1 is 1.64 bits per heavy atom. The fourth-order valence-corrected chi connectivity index (χ4v) is 1.96. The molecule has 0 amide bonds. The van der Waals surface area contributed by atoms with E-state index in [-0.39, 0.29) is 12.6 Å². The molecule has 0 aliphatic carbocycles. The largest absolute Gasteiger partial charge is 0.396 e. The fraction of sp³-hybridized carbons (Fsp3) is 1.00. The van der Waals surface area contributed by atoms with Gasteiger partial charge in [-0.25, -0.2) is 0 Å². The molecule has 2 unspecified atom stereocenters. The lowest BCUT2D eigenvalue weighted by molar-refractivity contribution is 0.0287. The van der Waals surface area contributed by atoms with Crippen LogP contribution < -0.4 is 5.73 Å². The number of hydrogen-bond donors (Lipinski definition) is 2. The minimum atomic E-state index is 0.0932. The first-order valence-electron chi connectivity index (χ1n) is 5.38. The van der Waals surface area contributed by atoms with Gasteiger partial charge in [-0.1, -0.05) is 0 Å². The summed E-state index contributed by atoms with van der Waals surface area (Å²) < 4.78 is 5.33. The molecule has 4 heteroatoms. The summed E-state index contributed by atoms with van der Waals surface area (Å²) in [5.74, 6) is 0. The molecule has 2 atom stereocenters. The van der Waals surface area contributed by atoms with Gasteiger partial charge in [0.15, 0.2) is 0 Å². The van der Waals surface area contributed by atoms with Crippen LogP contribution in [0, 0.1) is 0 Å². The lowest BCUT2D eigenvalue weighted by atomic mass is 10.1. The van der Waals surface area contributed by atoms with Crippen molar-refractivity contribution in [2.75, 3.05) is 33.4 Å². The van der Waals surface area contributed by atoms with E-state index in [1.165, 1.54) is 6.42 Å². The molecule has 1 rings (SSSR count). The number of nitrogens with zero attached hydrogens (tertiary/aromatic N) is 1. The van der Waals surface area contributed by atoms with Crippen molar-refractivity contribution >= 4 is 0 Å². The van der Waals surface area contributed by atoms with E-state index in [0.29, 0.717) is 12.5 Å². The Bertz CT molecular complexity index is 155. The van der Waals surface area contributed by atoms with Crippen LogP contribution in [0.4, 0.5) is 0 Å². The Kier molecular flexibility index (Phi) is 5.40. The third-order valence-electron chi connectivity index (χ3n) is 2.79. The molecule has 0 spiro atoms. The Hall–Kier alpha value is -0.160. The van der Waals surface area contributed by atoms with E-state index in [2.05, 4.69) is 4.90 Å². The molecule has 4 nitrogen and oxygen atoms in total. The number of aliphatic hydroxyl groups is 1. The van der Waals surface area contributed by atoms with Gasteiger partial charge in [-0.15, -0.1) is 0 Å². The number of hydrogen-bond acceptors (Lipinski definition) is 4. The quantitative estimate of drug-likeness (QED) is 0.648. The van der Waals surface area contributed by atoms with E-state index in [1.54, 1.807) is 7.11 Å². The van der Waals surface area contributed by atoms with E-state index in [4.69, 9.17) is 15.6 Å². The summed E-state index contributed by atoms with van der Waals surface area (Å²) in [6.07, 6.45) is 3.39. The predicted molar refractivity (Wildman–Crippen MR) is 56.1 cm³/mol. The molecule has 0 radical (unpaired) electrons. The molecule has 1 heterocycles. The van der Waals surface area contributed by atoms with Gasteiger partial charge in [0, 0.05) is 32.8 Å². The SMILES string of the molecule is COC1CCCN(CC(N)CCO)C1. The second-order valence-electron chi connectivity index (χ2n) is 4.03. The summed E-state index contributed by atoms with van der Waals surface area (Å²) in [7, 11) is 1.77. The van der Waals surface area contributed by atoms with Crippen LogP contribution in [0.3, 0.4) is 0 Å². The zero-order chi connectivity index (χ0) is 10.4. The first kappa shape index (κ1) is 11.9. The first-order valence-corrected chi connectivity index (χ1v) is 5.38. The lowest BCUT2D eigenvalue weighted by Gasteiger charge is -2.33. The maximum atomic E-state index is 8.74. The summed E-state index contributed by atoms with van der Waals surface area (Å²) in [4.78, 5) is 2.33. The van der Waals surface area contributed by atoms with Gasteiger partial charge in [0.05, 0.1) is 6.10 Å². The number of rotatable bonds is 5. The molecule has 1 aliphatic heterocycles. The minimum Gasteiger partial charge on any atom is -0.396 e. The molecule has 0 aromatic rings. The third kappa shape index (κ3) is 3.92. The standard InChI is InChI=1S/C10H22N2O2/c1-14-10-3-2-5-12(8-10)7-9(11)4-6-13/h9-10,13H,2-8,11H2,1H3. The Labute approximate surface area is 86.0 Å². The van der Waals surface area contributed by atoms with Crippen molar-refractivity contribution in [1.29, 1.82) is 0 Å². The van der Waals surface area contributed by atoms with Crippen LogP contribution in [0.1, 0.15) is 19.3 Å². The van der Waals surface area contributed by atoms with Gasteiger partial charge < -0.3 is 15.6 Å². The fourth-order valence-electron chi connectivity index (χ4n) is 1.96. The number of likely N-dealkylation sites (tertiary alicyclic amines) is 1. The molecule has 0 bridgehead atoms. The van der Waals surface area contributed by atoms with Crippen LogP contribution in [-0.4, -0.2) is 55.5 Å². The van der Waals surface area contributed by atoms with Crippen molar-refractivity contribution in [2.45, 2.75) is 31.4 Å². The molecule has 1 saturated heterocycles. The van der Waals surface area contributed by atoms with E-state index >= 15 is 0 Å². The first-order chi connectivity index (χ1) is 6.76. The summed E-state index contributed by atoms with van der Waals surface area (Å²) in [6, 6.07) is 0.0932. The van der Waals surface area contributed by atoms with Gasteiger partial charge in [-0.3, -0.25) is 4.90 Å². The van der Waals surface area contributed by atoms with Crippen molar-refractivity contribution in [3.8, 4) is 0 Å². The van der Waals surface area contributed by atoms with Crippen molar-refractivity contribution in [3.05, 3.63) is 0 Å². The molecule has 84 valence electrons. The van der Waals surface area contributed by atoms with Crippen LogP contribution in [0.15, 0.2) is 0 Å². The highest BCUT2D eigenvalue weighted by Crippen LogP contribution is 2.12. The van der Waals surface area contributed by atoms with E-state index < -0.39 is 0 Å². The van der Waals surface area contributed by atoms with Crippen LogP contribution in [0.2, 0.25) is 0 Å². The zero-order valence-corrected chi connectivity index (χ0v) is 8.98. The number of aliphatic hydroxyl groups excluding tert-OH is 1. The molecular formula is C10H22N2O2. The second-order valence-corrected chi connectivity index (χ2v) is 4.03.